The number of carbonyl (C=O) groups excluding carboxylic acids is 1. The molecule has 29 heavy (non-hydrogen) atoms. The lowest BCUT2D eigenvalue weighted by Gasteiger charge is -2.34. The van der Waals surface area contributed by atoms with Crippen LogP contribution < -0.4 is 4.74 Å². The van der Waals surface area contributed by atoms with Crippen LogP contribution in [0.2, 0.25) is 0 Å². The van der Waals surface area contributed by atoms with E-state index >= 15 is 0 Å². The summed E-state index contributed by atoms with van der Waals surface area (Å²) in [5, 5.41) is 12.8. The van der Waals surface area contributed by atoms with Crippen LogP contribution in [0.3, 0.4) is 0 Å². The third-order valence-electron chi connectivity index (χ3n) is 4.66. The lowest BCUT2D eigenvalue weighted by molar-refractivity contribution is 0.0702. The third-order valence-corrected chi connectivity index (χ3v) is 7.46. The van der Waals surface area contributed by atoms with Gasteiger partial charge in [0.25, 0.3) is 5.91 Å². The van der Waals surface area contributed by atoms with Gasteiger partial charge in [-0.15, -0.1) is 16.4 Å². The van der Waals surface area contributed by atoms with E-state index < -0.39 is 10.0 Å². The Morgan fingerprint density at radius 1 is 1.10 bits per heavy atom. The number of nitrogens with zero attached hydrogens (tertiary/aromatic N) is 6. The molecule has 0 N–H and O–H groups in total. The average Bonchev–Trinajstić information content (AvgIpc) is 3.45. The fraction of sp³-hybridized carbons (Fsp3) is 0.294. The lowest BCUT2D eigenvalue weighted by Crippen LogP contribution is -2.50. The number of thiophene rings is 1. The summed E-state index contributed by atoms with van der Waals surface area (Å²) in [7, 11) is -2.10. The molecule has 1 aromatic carbocycles. The summed E-state index contributed by atoms with van der Waals surface area (Å²) < 4.78 is 33.6. The zero-order valence-electron chi connectivity index (χ0n) is 15.5. The van der Waals surface area contributed by atoms with Crippen molar-refractivity contribution in [3.8, 4) is 11.4 Å². The molecule has 4 rings (SSSR count). The molecule has 1 fully saturated rings. The van der Waals surface area contributed by atoms with E-state index in [1.807, 2.05) is 0 Å². The predicted octanol–water partition coefficient (Wildman–Crippen LogP) is 0.879. The number of hydrogen-bond acceptors (Lipinski definition) is 8. The van der Waals surface area contributed by atoms with E-state index in [9.17, 15) is 13.2 Å². The molecule has 0 atom stereocenters. The summed E-state index contributed by atoms with van der Waals surface area (Å²) in [6.07, 6.45) is 1.43. The molecule has 0 aliphatic carbocycles. The highest BCUT2D eigenvalue weighted by Gasteiger charge is 2.31. The maximum Gasteiger partial charge on any atom is 0.266 e. The van der Waals surface area contributed by atoms with Crippen LogP contribution >= 0.6 is 11.3 Å². The summed E-state index contributed by atoms with van der Waals surface area (Å²) in [6.45, 7) is 1.07. The Hall–Kier alpha value is -2.83. The Bertz CT molecular complexity index is 1090. The molecule has 1 aliphatic heterocycles. The largest absolute Gasteiger partial charge is 0.497 e. The molecule has 1 saturated heterocycles. The second-order valence-corrected chi connectivity index (χ2v) is 9.12. The zero-order chi connectivity index (χ0) is 20.4. The minimum Gasteiger partial charge on any atom is -0.497 e. The molecule has 0 spiro atoms. The molecule has 2 aromatic heterocycles. The summed E-state index contributed by atoms with van der Waals surface area (Å²) in [6, 6.07) is 8.05. The van der Waals surface area contributed by atoms with Crippen molar-refractivity contribution in [1.29, 1.82) is 0 Å². The van der Waals surface area contributed by atoms with Crippen LogP contribution in [0.25, 0.3) is 5.69 Å². The molecule has 10 nitrogen and oxygen atoms in total. The van der Waals surface area contributed by atoms with Crippen LogP contribution in [0.1, 0.15) is 9.67 Å². The molecule has 3 aromatic rings. The molecule has 0 unspecified atom stereocenters. The van der Waals surface area contributed by atoms with Crippen molar-refractivity contribution in [1.82, 2.24) is 29.4 Å². The second-order valence-electron chi connectivity index (χ2n) is 6.26. The highest BCUT2D eigenvalue weighted by atomic mass is 32.2. The Morgan fingerprint density at radius 2 is 1.83 bits per heavy atom. The van der Waals surface area contributed by atoms with Gasteiger partial charge in [-0.2, -0.15) is 8.99 Å². The topological polar surface area (TPSA) is 111 Å². The van der Waals surface area contributed by atoms with E-state index in [2.05, 4.69) is 15.5 Å². The number of ether oxygens (including phenoxy) is 1. The Kier molecular flexibility index (Phi) is 5.30. The maximum absolute atomic E-state index is 12.9. The SMILES string of the molecule is COc1ccc(S(=O)(=O)N2CCN(C(=O)c3sccc3-n3cnnn3)CC2)cc1. The Balaban J connectivity index is 1.45. The third kappa shape index (κ3) is 3.73. The molecule has 1 aliphatic rings. The zero-order valence-corrected chi connectivity index (χ0v) is 17.1. The average molecular weight is 435 g/mol. The van der Waals surface area contributed by atoms with E-state index in [1.54, 1.807) is 28.5 Å². The van der Waals surface area contributed by atoms with Gasteiger partial charge in [-0.05, 0) is 46.1 Å². The van der Waals surface area contributed by atoms with Crippen molar-refractivity contribution in [3.05, 3.63) is 46.9 Å². The predicted molar refractivity (Wildman–Crippen MR) is 105 cm³/mol. The highest BCUT2D eigenvalue weighted by molar-refractivity contribution is 7.89. The Morgan fingerprint density at radius 3 is 2.45 bits per heavy atom. The number of carbonyl (C=O) groups is 1. The van der Waals surface area contributed by atoms with Gasteiger partial charge in [-0.1, -0.05) is 0 Å². The monoisotopic (exact) mass is 434 g/mol. The Labute approximate surface area is 171 Å². The minimum absolute atomic E-state index is 0.160. The van der Waals surface area contributed by atoms with Gasteiger partial charge in [0.15, 0.2) is 0 Å². The summed E-state index contributed by atoms with van der Waals surface area (Å²) in [4.78, 5) is 15.3. The molecule has 152 valence electrons. The summed E-state index contributed by atoms with van der Waals surface area (Å²) >= 11 is 1.30. The molecule has 3 heterocycles. The van der Waals surface area contributed by atoms with Crippen molar-refractivity contribution in [3.63, 3.8) is 0 Å². The quantitative estimate of drug-likeness (QED) is 0.586. The van der Waals surface area contributed by atoms with Crippen LogP contribution in [0.4, 0.5) is 0 Å². The normalized spacial score (nSPS) is 15.4. The number of benzene rings is 1. The number of rotatable bonds is 5. The van der Waals surface area contributed by atoms with Gasteiger partial charge in [-0.3, -0.25) is 4.79 Å². The first-order valence-electron chi connectivity index (χ1n) is 8.75. The van der Waals surface area contributed by atoms with Crippen molar-refractivity contribution < 1.29 is 17.9 Å². The van der Waals surface area contributed by atoms with Crippen LogP contribution in [0.15, 0.2) is 46.9 Å². The van der Waals surface area contributed by atoms with Gasteiger partial charge in [0.2, 0.25) is 10.0 Å². The van der Waals surface area contributed by atoms with Crippen molar-refractivity contribution in [2.75, 3.05) is 33.3 Å². The van der Waals surface area contributed by atoms with Gasteiger partial charge in [-0.25, -0.2) is 8.42 Å². The molecule has 0 radical (unpaired) electrons. The number of hydrogen-bond donors (Lipinski definition) is 0. The molecule has 12 heteroatoms. The van der Waals surface area contributed by atoms with Gasteiger partial charge in [0.05, 0.1) is 17.7 Å². The summed E-state index contributed by atoms with van der Waals surface area (Å²) in [5.74, 6) is 0.431. The first kappa shape index (κ1) is 19.5. The second kappa shape index (κ2) is 7.89. The first-order chi connectivity index (χ1) is 14.0. The molecule has 1 amide bonds. The number of sulfonamides is 1. The van der Waals surface area contributed by atoms with Gasteiger partial charge in [0, 0.05) is 26.2 Å². The lowest BCUT2D eigenvalue weighted by atomic mass is 10.3. The van der Waals surface area contributed by atoms with Crippen LogP contribution in [0.5, 0.6) is 5.75 Å². The van der Waals surface area contributed by atoms with Crippen LogP contribution in [-0.4, -0.2) is 77.0 Å². The number of piperazine rings is 1. The summed E-state index contributed by atoms with van der Waals surface area (Å²) in [5.41, 5.74) is 0.610. The van der Waals surface area contributed by atoms with Crippen molar-refractivity contribution >= 4 is 27.3 Å². The first-order valence-corrected chi connectivity index (χ1v) is 11.1. The number of methoxy groups -OCH3 is 1. The van der Waals surface area contributed by atoms with Gasteiger partial charge in [0.1, 0.15) is 17.0 Å². The van der Waals surface area contributed by atoms with E-state index in [1.165, 1.54) is 45.9 Å². The molecule has 0 saturated carbocycles. The fourth-order valence-electron chi connectivity index (χ4n) is 3.09. The van der Waals surface area contributed by atoms with Gasteiger partial charge >= 0.3 is 0 Å². The number of aromatic nitrogens is 4. The minimum atomic E-state index is -3.62. The van der Waals surface area contributed by atoms with Crippen LogP contribution in [-0.2, 0) is 10.0 Å². The molecular formula is C17H18N6O4S2. The smallest absolute Gasteiger partial charge is 0.266 e. The number of tetrazole rings is 1. The van der Waals surface area contributed by atoms with Crippen molar-refractivity contribution in [2.24, 2.45) is 0 Å². The van der Waals surface area contributed by atoms with Gasteiger partial charge < -0.3 is 9.64 Å². The fourth-order valence-corrected chi connectivity index (χ4v) is 5.35. The molecule has 0 bridgehead atoms. The van der Waals surface area contributed by atoms with E-state index in [0.29, 0.717) is 29.4 Å². The number of amides is 1. The maximum atomic E-state index is 12.9. The highest BCUT2D eigenvalue weighted by Crippen LogP contribution is 2.24. The van der Waals surface area contributed by atoms with Crippen molar-refractivity contribution in [2.45, 2.75) is 4.90 Å². The molecular weight excluding hydrogens is 416 g/mol. The standard InChI is InChI=1S/C17H18N6O4S2/c1-27-13-2-4-14(5-3-13)29(25,26)22-9-7-21(8-10-22)17(24)16-15(6-11-28-16)23-12-18-19-20-23/h2-6,11-12H,7-10H2,1H3. The van der Waals surface area contributed by atoms with E-state index in [-0.39, 0.29) is 23.9 Å². The van der Waals surface area contributed by atoms with E-state index in [4.69, 9.17) is 4.74 Å². The van der Waals surface area contributed by atoms with Crippen LogP contribution in [0, 0.1) is 0 Å². The van der Waals surface area contributed by atoms with E-state index in [0.717, 1.165) is 0 Å².